The Morgan fingerprint density at radius 2 is 2.08 bits per heavy atom. The lowest BCUT2D eigenvalue weighted by molar-refractivity contribution is -0.0415. The molecule has 0 saturated carbocycles. The maximum Gasteiger partial charge on any atom is 0.324 e. The van der Waals surface area contributed by atoms with E-state index in [0.717, 1.165) is 6.33 Å². The Balaban J connectivity index is 1.55. The number of rotatable bonds is 11. The third-order valence-corrected chi connectivity index (χ3v) is 7.37. The number of imidazole rings is 1. The van der Waals surface area contributed by atoms with Crippen molar-refractivity contribution in [3.05, 3.63) is 48.5 Å². The van der Waals surface area contributed by atoms with Crippen molar-refractivity contribution in [3.63, 3.8) is 0 Å². The molecule has 2 aromatic heterocycles. The van der Waals surface area contributed by atoms with Crippen LogP contribution in [-0.4, -0.2) is 66.8 Å². The van der Waals surface area contributed by atoms with Crippen LogP contribution in [0.15, 0.2) is 43.0 Å². The van der Waals surface area contributed by atoms with Crippen LogP contribution >= 0.6 is 15.0 Å². The van der Waals surface area contributed by atoms with Crippen molar-refractivity contribution in [1.29, 1.82) is 5.26 Å². The third kappa shape index (κ3) is 6.65. The molecule has 3 N–H and O–H groups in total. The number of amides is 1. The largest absolute Gasteiger partial charge is 0.346 e. The van der Waals surface area contributed by atoms with Gasteiger partial charge in [0.2, 0.25) is 0 Å². The van der Waals surface area contributed by atoms with Gasteiger partial charge in [0.05, 0.1) is 32.0 Å². The Bertz CT molecular complexity index is 1410. The second kappa shape index (κ2) is 12.4. The van der Waals surface area contributed by atoms with Crippen molar-refractivity contribution in [3.8, 4) is 6.07 Å². The molecule has 6 atom stereocenters. The molecule has 1 aromatic carbocycles. The number of carbonyl (C=O) groups excluding carboxylic acids is 1. The lowest BCUT2D eigenvalue weighted by Gasteiger charge is -2.21. The quantitative estimate of drug-likeness (QED) is 0.219. The first-order valence-electron chi connectivity index (χ1n) is 10.9. The van der Waals surface area contributed by atoms with Crippen LogP contribution in [0.3, 0.4) is 0 Å². The van der Waals surface area contributed by atoms with Gasteiger partial charge in [-0.15, -0.1) is 0 Å². The number of benzene rings is 1. The van der Waals surface area contributed by atoms with Crippen LogP contribution in [0.2, 0.25) is 0 Å². The smallest absolute Gasteiger partial charge is 0.324 e. The van der Waals surface area contributed by atoms with Gasteiger partial charge < -0.3 is 33.4 Å². The summed E-state index contributed by atoms with van der Waals surface area (Å²) in [4.78, 5) is 44.3. The molecule has 1 saturated heterocycles. The molecule has 202 valence electrons. The van der Waals surface area contributed by atoms with E-state index in [1.807, 2.05) is 6.07 Å². The number of alkyl halides is 1. The summed E-state index contributed by atoms with van der Waals surface area (Å²) in [6.45, 7) is -4.53. The first-order chi connectivity index (χ1) is 18.2. The van der Waals surface area contributed by atoms with Gasteiger partial charge in [0.1, 0.15) is 18.5 Å². The zero-order chi connectivity index (χ0) is 27.3. The van der Waals surface area contributed by atoms with E-state index in [1.165, 1.54) is 10.9 Å². The van der Waals surface area contributed by atoms with Crippen LogP contribution in [-0.2, 0) is 34.7 Å². The second-order valence-corrected chi connectivity index (χ2v) is 11.3. The van der Waals surface area contributed by atoms with Gasteiger partial charge in [0.25, 0.3) is 5.91 Å². The molecule has 38 heavy (non-hydrogen) atoms. The molecular formula is C20H21FN6O8P2S. The number of hydrogen-bond acceptors (Lipinski definition) is 11. The summed E-state index contributed by atoms with van der Waals surface area (Å²) in [6, 6.07) is 10.2. The maximum absolute atomic E-state index is 15.5. The summed E-state index contributed by atoms with van der Waals surface area (Å²) in [6.07, 6.45) is -4.01. The lowest BCUT2D eigenvalue weighted by Crippen LogP contribution is -2.32. The van der Waals surface area contributed by atoms with Gasteiger partial charge in [-0.25, -0.2) is 19.3 Å². The Morgan fingerprint density at radius 3 is 2.79 bits per heavy atom. The summed E-state index contributed by atoms with van der Waals surface area (Å²) in [5, 5.41) is 11.2. The van der Waals surface area contributed by atoms with E-state index in [0.29, 0.717) is 5.56 Å². The van der Waals surface area contributed by atoms with Gasteiger partial charge in [0.15, 0.2) is 29.4 Å². The molecule has 0 radical (unpaired) electrons. The molecule has 1 aliphatic heterocycles. The molecule has 1 fully saturated rings. The topological polar surface area (TPSA) is 191 Å². The van der Waals surface area contributed by atoms with E-state index in [-0.39, 0.29) is 30.0 Å². The summed E-state index contributed by atoms with van der Waals surface area (Å²) in [5.41, 5.74) is 0.613. The van der Waals surface area contributed by atoms with Gasteiger partial charge in [-0.3, -0.25) is 13.9 Å². The van der Waals surface area contributed by atoms with Crippen molar-refractivity contribution in [2.24, 2.45) is 0 Å². The highest BCUT2D eigenvalue weighted by Crippen LogP contribution is 2.46. The Hall–Kier alpha value is -2.70. The molecule has 0 aliphatic carbocycles. The average Bonchev–Trinajstić information content (AvgIpc) is 3.45. The van der Waals surface area contributed by atoms with Gasteiger partial charge in [0, 0.05) is 5.56 Å². The maximum atomic E-state index is 15.5. The first-order valence-corrected chi connectivity index (χ1v) is 14.8. The predicted octanol–water partition coefficient (Wildman–Crippen LogP) is 2.24. The molecule has 2 unspecified atom stereocenters. The van der Waals surface area contributed by atoms with Crippen LogP contribution in [0, 0.1) is 11.3 Å². The van der Waals surface area contributed by atoms with Crippen LogP contribution < -0.4 is 5.32 Å². The molecule has 18 heteroatoms. The van der Waals surface area contributed by atoms with E-state index in [4.69, 9.17) is 35.4 Å². The number of fused-ring (bicyclic) bond motifs is 1. The number of anilines is 1. The Kier molecular flexibility index (Phi) is 9.27. The number of aromatic nitrogens is 4. The minimum Gasteiger partial charge on any atom is -0.346 e. The van der Waals surface area contributed by atoms with Gasteiger partial charge >= 0.3 is 15.0 Å². The molecule has 3 aromatic rings. The van der Waals surface area contributed by atoms with Crippen molar-refractivity contribution in [2.75, 3.05) is 18.5 Å². The minimum atomic E-state index is -3.81. The van der Waals surface area contributed by atoms with Crippen molar-refractivity contribution in [2.45, 2.75) is 31.0 Å². The Morgan fingerprint density at radius 1 is 1.32 bits per heavy atom. The number of hydrogen-bond donors (Lipinski definition) is 3. The van der Waals surface area contributed by atoms with E-state index in [2.05, 4.69) is 20.3 Å². The van der Waals surface area contributed by atoms with Gasteiger partial charge in [-0.1, -0.05) is 18.2 Å². The summed E-state index contributed by atoms with van der Waals surface area (Å²) >= 11 is 4.85. The Labute approximate surface area is 220 Å². The summed E-state index contributed by atoms with van der Waals surface area (Å²) < 4.78 is 48.9. The van der Waals surface area contributed by atoms with E-state index in [1.54, 1.807) is 30.3 Å². The normalized spacial score (nSPS) is 23.5. The van der Waals surface area contributed by atoms with E-state index in [9.17, 15) is 19.1 Å². The van der Waals surface area contributed by atoms with E-state index < -0.39 is 52.1 Å². The van der Waals surface area contributed by atoms with Crippen LogP contribution in [0.5, 0.6) is 0 Å². The standard InChI is InChI=1S/C20H21FN6O8P2S/c21-14-16(35-36(29)30)13(9-33-37(31,38)32-8-4-7-22)34-20(14)27-11-25-15-17(23-10-24-18(15)27)26-19(28)12-5-2-1-3-6-12/h1-3,5-6,10-11,13-14,16,20,36H,4,8-9H2,(H,29,30)(H,31,38)(H,23,24,26,28)/t13-,14-,16-,20-,37?/m1/s1. The molecular weight excluding hydrogens is 565 g/mol. The number of carbonyl (C=O) groups is 1. The molecule has 0 spiro atoms. The van der Waals surface area contributed by atoms with Crippen LogP contribution in [0.4, 0.5) is 10.2 Å². The van der Waals surface area contributed by atoms with Gasteiger partial charge in [-0.2, -0.15) is 5.26 Å². The zero-order valence-corrected chi connectivity index (χ0v) is 22.0. The first kappa shape index (κ1) is 28.3. The fraction of sp³-hybridized carbons (Fsp3) is 0.350. The van der Waals surface area contributed by atoms with Crippen molar-refractivity contribution in [1.82, 2.24) is 19.5 Å². The van der Waals surface area contributed by atoms with Crippen molar-refractivity contribution >= 4 is 49.7 Å². The number of nitrogens with zero attached hydrogens (tertiary/aromatic N) is 5. The highest BCUT2D eigenvalue weighted by atomic mass is 32.5. The fourth-order valence-electron chi connectivity index (χ4n) is 3.62. The lowest BCUT2D eigenvalue weighted by atomic mass is 10.1. The predicted molar refractivity (Wildman–Crippen MR) is 133 cm³/mol. The second-order valence-electron chi connectivity index (χ2n) is 7.73. The van der Waals surface area contributed by atoms with Crippen LogP contribution in [0.25, 0.3) is 11.2 Å². The molecule has 1 amide bonds. The fourth-order valence-corrected chi connectivity index (χ4v) is 5.27. The SMILES string of the molecule is N#CCCOP(O)(=S)OC[C@H]1O[C@@H](n2cnc3c(NC(=O)c4ccccc4)ncnc32)[C@H](F)[C@@H]1O[PH](=O)O. The number of nitriles is 1. The highest BCUT2D eigenvalue weighted by Gasteiger charge is 2.49. The van der Waals surface area contributed by atoms with E-state index >= 15 is 4.39 Å². The van der Waals surface area contributed by atoms with Crippen molar-refractivity contribution < 1.29 is 41.8 Å². The third-order valence-electron chi connectivity index (χ3n) is 5.27. The minimum absolute atomic E-state index is 0.0432. The van der Waals surface area contributed by atoms with Gasteiger partial charge in [-0.05, 0) is 23.9 Å². The number of halogens is 1. The highest BCUT2D eigenvalue weighted by molar-refractivity contribution is 8.07. The number of nitrogens with one attached hydrogen (secondary N) is 1. The molecule has 0 bridgehead atoms. The summed E-state index contributed by atoms with van der Waals surface area (Å²) in [5.74, 6) is -0.379. The molecule has 3 heterocycles. The monoisotopic (exact) mass is 586 g/mol. The number of ether oxygens (including phenoxy) is 1. The molecule has 14 nitrogen and oxygen atoms in total. The molecule has 4 rings (SSSR count). The molecule has 1 aliphatic rings. The average molecular weight is 586 g/mol. The zero-order valence-electron chi connectivity index (χ0n) is 19.3. The summed E-state index contributed by atoms with van der Waals surface area (Å²) in [7, 11) is -3.60. The van der Waals surface area contributed by atoms with Crippen LogP contribution in [0.1, 0.15) is 23.0 Å².